The third-order valence-corrected chi connectivity index (χ3v) is 3.00. The van der Waals surface area contributed by atoms with Gasteiger partial charge in [0.1, 0.15) is 5.82 Å². The monoisotopic (exact) mass is 193 g/mol. The Bertz CT molecular complexity index is 315. The van der Waals surface area contributed by atoms with Gasteiger partial charge in [0.05, 0.1) is 5.69 Å². The number of nitrogens with zero attached hydrogens (tertiary/aromatic N) is 2. The van der Waals surface area contributed by atoms with Gasteiger partial charge in [0.15, 0.2) is 0 Å². The fraction of sp³-hybridized carbons (Fsp3) is 0.727. The van der Waals surface area contributed by atoms with Crippen molar-refractivity contribution in [2.45, 2.75) is 39.2 Å². The number of aromatic nitrogens is 2. The summed E-state index contributed by atoms with van der Waals surface area (Å²) in [5, 5.41) is 3.18. The Morgan fingerprint density at radius 1 is 1.43 bits per heavy atom. The van der Waals surface area contributed by atoms with Crippen LogP contribution in [0, 0.1) is 6.92 Å². The summed E-state index contributed by atoms with van der Waals surface area (Å²) in [7, 11) is 1.99. The van der Waals surface area contributed by atoms with Gasteiger partial charge >= 0.3 is 0 Å². The minimum Gasteiger partial charge on any atom is -0.332 e. The van der Waals surface area contributed by atoms with E-state index in [9.17, 15) is 0 Å². The van der Waals surface area contributed by atoms with Gasteiger partial charge < -0.3 is 9.88 Å². The number of likely N-dealkylation sites (N-methyl/N-ethyl adjacent to an activating group) is 1. The Morgan fingerprint density at radius 2 is 2.29 bits per heavy atom. The second-order valence-electron chi connectivity index (χ2n) is 4.02. The molecule has 2 rings (SSSR count). The number of aryl methyl sites for hydroxylation is 1. The molecule has 0 fully saturated rings. The molecule has 1 aromatic heterocycles. The lowest BCUT2D eigenvalue weighted by Gasteiger charge is -2.16. The molecule has 1 aliphatic heterocycles. The molecule has 3 heteroatoms. The minimum absolute atomic E-state index is 1.02. The van der Waals surface area contributed by atoms with E-state index >= 15 is 0 Å². The van der Waals surface area contributed by atoms with Crippen LogP contribution in [0.3, 0.4) is 0 Å². The highest BCUT2D eigenvalue weighted by molar-refractivity contribution is 5.18. The maximum atomic E-state index is 4.65. The molecule has 2 heterocycles. The molecule has 78 valence electrons. The van der Waals surface area contributed by atoms with Crippen LogP contribution in [0.5, 0.6) is 0 Å². The van der Waals surface area contributed by atoms with E-state index in [-0.39, 0.29) is 0 Å². The molecule has 3 nitrogen and oxygen atoms in total. The lowest BCUT2D eigenvalue weighted by molar-refractivity contribution is 0.510. The number of imidazole rings is 1. The second kappa shape index (κ2) is 4.13. The Morgan fingerprint density at radius 3 is 3.07 bits per heavy atom. The first-order valence-corrected chi connectivity index (χ1v) is 5.52. The van der Waals surface area contributed by atoms with Crippen molar-refractivity contribution in [3.8, 4) is 0 Å². The summed E-state index contributed by atoms with van der Waals surface area (Å²) in [6, 6.07) is 0. The average molecular weight is 193 g/mol. The maximum absolute atomic E-state index is 4.65. The van der Waals surface area contributed by atoms with Gasteiger partial charge in [-0.25, -0.2) is 4.98 Å². The summed E-state index contributed by atoms with van der Waals surface area (Å²) in [5.41, 5.74) is 2.72. The van der Waals surface area contributed by atoms with Crippen LogP contribution < -0.4 is 5.32 Å². The van der Waals surface area contributed by atoms with E-state index in [1.54, 1.807) is 0 Å². The van der Waals surface area contributed by atoms with E-state index in [0.717, 1.165) is 13.0 Å². The Kier molecular flexibility index (Phi) is 2.87. The third-order valence-electron chi connectivity index (χ3n) is 3.00. The van der Waals surface area contributed by atoms with Crippen LogP contribution in [0.1, 0.15) is 30.1 Å². The molecule has 0 amide bonds. The molecule has 0 aliphatic carbocycles. The molecule has 1 aromatic rings. The third kappa shape index (κ3) is 1.69. The van der Waals surface area contributed by atoms with E-state index < -0.39 is 0 Å². The van der Waals surface area contributed by atoms with Crippen molar-refractivity contribution in [2.24, 2.45) is 0 Å². The van der Waals surface area contributed by atoms with E-state index in [4.69, 9.17) is 0 Å². The summed E-state index contributed by atoms with van der Waals surface area (Å²) < 4.78 is 2.43. The van der Waals surface area contributed by atoms with Crippen molar-refractivity contribution in [3.05, 3.63) is 17.2 Å². The molecule has 0 spiro atoms. The van der Waals surface area contributed by atoms with Gasteiger partial charge in [-0.2, -0.15) is 0 Å². The van der Waals surface area contributed by atoms with Crippen LogP contribution in [0.2, 0.25) is 0 Å². The highest BCUT2D eigenvalue weighted by atomic mass is 15.1. The second-order valence-corrected chi connectivity index (χ2v) is 4.02. The normalized spacial score (nSPS) is 15.6. The van der Waals surface area contributed by atoms with E-state index in [1.807, 2.05) is 7.05 Å². The number of rotatable bonds is 3. The highest BCUT2D eigenvalue weighted by Gasteiger charge is 2.16. The molecule has 0 radical (unpaired) electrons. The fourth-order valence-electron chi connectivity index (χ4n) is 2.24. The van der Waals surface area contributed by atoms with Crippen molar-refractivity contribution in [3.63, 3.8) is 0 Å². The lowest BCUT2D eigenvalue weighted by atomic mass is 10.1. The highest BCUT2D eigenvalue weighted by Crippen LogP contribution is 2.20. The molecular formula is C11H19N3. The zero-order valence-corrected chi connectivity index (χ0v) is 9.14. The molecule has 0 bridgehead atoms. The molecule has 0 unspecified atom stereocenters. The molecule has 0 atom stereocenters. The van der Waals surface area contributed by atoms with Gasteiger partial charge in [0.25, 0.3) is 0 Å². The summed E-state index contributed by atoms with van der Waals surface area (Å²) in [6.45, 7) is 4.34. The molecule has 1 aliphatic rings. The van der Waals surface area contributed by atoms with Crippen molar-refractivity contribution in [1.82, 2.24) is 14.9 Å². The van der Waals surface area contributed by atoms with Crippen LogP contribution >= 0.6 is 0 Å². The van der Waals surface area contributed by atoms with Crippen molar-refractivity contribution in [1.29, 1.82) is 0 Å². The largest absolute Gasteiger partial charge is 0.332 e. The molecule has 1 N–H and O–H groups in total. The van der Waals surface area contributed by atoms with Crippen LogP contribution in [-0.2, 0) is 19.4 Å². The van der Waals surface area contributed by atoms with Crippen LogP contribution in [0.4, 0.5) is 0 Å². The van der Waals surface area contributed by atoms with Gasteiger partial charge in [-0.1, -0.05) is 0 Å². The zero-order valence-electron chi connectivity index (χ0n) is 9.14. The first kappa shape index (κ1) is 9.71. The van der Waals surface area contributed by atoms with Crippen molar-refractivity contribution >= 4 is 0 Å². The zero-order chi connectivity index (χ0) is 9.97. The van der Waals surface area contributed by atoms with E-state index in [1.165, 1.54) is 43.0 Å². The van der Waals surface area contributed by atoms with Crippen LogP contribution in [0.15, 0.2) is 0 Å². The van der Waals surface area contributed by atoms with Crippen molar-refractivity contribution in [2.75, 3.05) is 13.6 Å². The minimum atomic E-state index is 1.02. The van der Waals surface area contributed by atoms with E-state index in [0.29, 0.717) is 0 Å². The summed E-state index contributed by atoms with van der Waals surface area (Å²) >= 11 is 0. The van der Waals surface area contributed by atoms with Gasteiger partial charge in [0.2, 0.25) is 0 Å². The van der Waals surface area contributed by atoms with Gasteiger partial charge in [-0.3, -0.25) is 0 Å². The molecule has 0 saturated heterocycles. The number of nitrogens with one attached hydrogen (secondary N) is 1. The topological polar surface area (TPSA) is 29.9 Å². The summed E-state index contributed by atoms with van der Waals surface area (Å²) in [5.74, 6) is 1.27. The first-order chi connectivity index (χ1) is 6.83. The van der Waals surface area contributed by atoms with Gasteiger partial charge in [-0.05, 0) is 33.2 Å². The maximum Gasteiger partial charge on any atom is 0.110 e. The molecular weight excluding hydrogens is 174 g/mol. The summed E-state index contributed by atoms with van der Waals surface area (Å²) in [6.07, 6.45) is 4.92. The van der Waals surface area contributed by atoms with Gasteiger partial charge in [-0.15, -0.1) is 0 Å². The lowest BCUT2D eigenvalue weighted by Crippen LogP contribution is -2.17. The SMILES string of the molecule is CNCCc1nc(C)c2n1CCCC2. The van der Waals surface area contributed by atoms with Gasteiger partial charge in [0, 0.05) is 25.2 Å². The predicted octanol–water partition coefficient (Wildman–Crippen LogP) is 1.29. The van der Waals surface area contributed by atoms with E-state index in [2.05, 4.69) is 21.8 Å². The summed E-state index contributed by atoms with van der Waals surface area (Å²) in [4.78, 5) is 4.65. The van der Waals surface area contributed by atoms with Crippen LogP contribution in [0.25, 0.3) is 0 Å². The Labute approximate surface area is 85.5 Å². The average Bonchev–Trinajstić information content (AvgIpc) is 2.54. The predicted molar refractivity (Wildman–Crippen MR) is 57.5 cm³/mol. The molecule has 0 saturated carbocycles. The van der Waals surface area contributed by atoms with Crippen LogP contribution in [-0.4, -0.2) is 23.1 Å². The Balaban J connectivity index is 2.23. The molecule has 14 heavy (non-hydrogen) atoms. The first-order valence-electron chi connectivity index (χ1n) is 5.52. The molecule has 0 aromatic carbocycles. The Hall–Kier alpha value is -0.830. The standard InChI is InChI=1S/C11H19N3/c1-9-10-5-3-4-8-14(10)11(13-9)6-7-12-2/h12H,3-8H2,1-2H3. The quantitative estimate of drug-likeness (QED) is 0.784. The fourth-order valence-corrected chi connectivity index (χ4v) is 2.24. The number of hydrogen-bond acceptors (Lipinski definition) is 2. The van der Waals surface area contributed by atoms with Crippen molar-refractivity contribution < 1.29 is 0 Å². The number of fused-ring (bicyclic) bond motifs is 1. The number of hydrogen-bond donors (Lipinski definition) is 1. The smallest absolute Gasteiger partial charge is 0.110 e.